The molecule has 2 N–H and O–H groups in total. The number of aromatic amines is 1. The molecule has 0 radical (unpaired) electrons. The summed E-state index contributed by atoms with van der Waals surface area (Å²) in [4.78, 5) is 23.0. The fourth-order valence-electron chi connectivity index (χ4n) is 5.41. The highest BCUT2D eigenvalue weighted by Gasteiger charge is 2.32. The van der Waals surface area contributed by atoms with E-state index in [-0.39, 0.29) is 17.9 Å². The smallest absolute Gasteiger partial charge is 0.228 e. The van der Waals surface area contributed by atoms with E-state index >= 15 is 0 Å². The number of aromatic nitrogens is 2. The van der Waals surface area contributed by atoms with Crippen molar-refractivity contribution in [2.24, 2.45) is 5.92 Å². The molecular weight excluding hydrogens is 416 g/mol. The largest absolute Gasteiger partial charge is 0.381 e. The Morgan fingerprint density at radius 2 is 2.06 bits per heavy atom. The molecule has 2 fully saturated rings. The Bertz CT molecular complexity index is 1190. The summed E-state index contributed by atoms with van der Waals surface area (Å²) in [6, 6.07) is 6.93. The van der Waals surface area contributed by atoms with Gasteiger partial charge in [-0.2, -0.15) is 0 Å². The molecule has 3 aliphatic rings. The summed E-state index contributed by atoms with van der Waals surface area (Å²) in [6.07, 6.45) is 5.65. The van der Waals surface area contributed by atoms with E-state index in [2.05, 4.69) is 40.4 Å². The Morgan fingerprint density at radius 1 is 1.15 bits per heavy atom. The molecule has 0 spiro atoms. The molecule has 2 atom stereocenters. The van der Waals surface area contributed by atoms with Crippen LogP contribution in [0, 0.1) is 12.8 Å². The number of aryl methyl sites for hydroxylation is 1. The average molecular weight is 447 g/mol. The van der Waals surface area contributed by atoms with E-state index in [4.69, 9.17) is 9.47 Å². The molecule has 0 bridgehead atoms. The Balaban J connectivity index is 1.39. The number of nitrogens with zero attached hydrogens (tertiary/aromatic N) is 2. The van der Waals surface area contributed by atoms with E-state index in [0.717, 1.165) is 49.1 Å². The van der Waals surface area contributed by atoms with Crippen molar-refractivity contribution >= 4 is 16.9 Å². The van der Waals surface area contributed by atoms with Crippen molar-refractivity contribution in [2.75, 3.05) is 39.5 Å². The van der Waals surface area contributed by atoms with Gasteiger partial charge in [-0.1, -0.05) is 6.07 Å². The summed E-state index contributed by atoms with van der Waals surface area (Å²) in [5.41, 5.74) is 8.25. The molecule has 6 rings (SSSR count). The molecule has 1 aromatic carbocycles. The average Bonchev–Trinajstić information content (AvgIpc) is 3.53. The van der Waals surface area contributed by atoms with Crippen molar-refractivity contribution in [3.8, 4) is 11.1 Å². The Hall–Kier alpha value is -2.74. The second kappa shape index (κ2) is 8.56. The number of pyridine rings is 1. The summed E-state index contributed by atoms with van der Waals surface area (Å²) in [5, 5.41) is 4.78. The number of H-pyrrole nitrogens is 1. The number of benzene rings is 1. The number of amides is 1. The van der Waals surface area contributed by atoms with Gasteiger partial charge in [0.2, 0.25) is 5.91 Å². The molecule has 172 valence electrons. The predicted octanol–water partition coefficient (Wildman–Crippen LogP) is 3.12. The molecule has 0 saturated carbocycles. The zero-order valence-electron chi connectivity index (χ0n) is 19.0. The predicted molar refractivity (Wildman–Crippen MR) is 126 cm³/mol. The molecule has 2 aromatic heterocycles. The first-order chi connectivity index (χ1) is 16.2. The first-order valence-corrected chi connectivity index (χ1v) is 11.9. The molecule has 5 heterocycles. The molecule has 3 aliphatic heterocycles. The van der Waals surface area contributed by atoms with E-state index < -0.39 is 0 Å². The SMILES string of the molecule is Cc1c[nH]c2ncc(-c3cc4c(c([C@@H]5COCCN5)c3)CN(C(=O)[C@H]3CCOC3)CC4)cc12. The van der Waals surface area contributed by atoms with Gasteiger partial charge in [0, 0.05) is 49.6 Å². The molecule has 3 aromatic rings. The van der Waals surface area contributed by atoms with Gasteiger partial charge in [-0.15, -0.1) is 0 Å². The minimum atomic E-state index is 0.00723. The van der Waals surface area contributed by atoms with Crippen LogP contribution in [-0.4, -0.2) is 60.3 Å². The highest BCUT2D eigenvalue weighted by atomic mass is 16.5. The van der Waals surface area contributed by atoms with Crippen LogP contribution in [0.15, 0.2) is 30.6 Å². The van der Waals surface area contributed by atoms with Gasteiger partial charge in [-0.25, -0.2) is 4.98 Å². The molecule has 7 nitrogen and oxygen atoms in total. The van der Waals surface area contributed by atoms with Crippen LogP contribution in [-0.2, 0) is 27.2 Å². The third-order valence-electron chi connectivity index (χ3n) is 7.34. The summed E-state index contributed by atoms with van der Waals surface area (Å²) >= 11 is 0. The standard InChI is InChI=1S/C26H30N4O3/c1-16-11-28-25-21(16)10-20(12-29-25)19-8-17-2-5-30(26(31)18-3-6-32-14-18)13-23(17)22(9-19)24-15-33-7-4-27-24/h8-12,18,24,27H,2-7,13-15H2,1H3,(H,28,29)/t18-,24-/m0/s1. The van der Waals surface area contributed by atoms with Crippen molar-refractivity contribution in [1.82, 2.24) is 20.2 Å². The van der Waals surface area contributed by atoms with Gasteiger partial charge < -0.3 is 24.7 Å². The normalized spacial score (nSPS) is 23.1. The molecule has 1 amide bonds. The van der Waals surface area contributed by atoms with Crippen LogP contribution < -0.4 is 5.32 Å². The Morgan fingerprint density at radius 3 is 2.88 bits per heavy atom. The quantitative estimate of drug-likeness (QED) is 0.646. The first kappa shape index (κ1) is 20.8. The van der Waals surface area contributed by atoms with E-state index in [1.54, 1.807) is 0 Å². The lowest BCUT2D eigenvalue weighted by Gasteiger charge is -2.35. The van der Waals surface area contributed by atoms with E-state index in [9.17, 15) is 4.79 Å². The van der Waals surface area contributed by atoms with Crippen LogP contribution in [0.1, 0.15) is 34.7 Å². The maximum atomic E-state index is 13.1. The van der Waals surface area contributed by atoms with Crippen LogP contribution >= 0.6 is 0 Å². The lowest BCUT2D eigenvalue weighted by atomic mass is 9.87. The van der Waals surface area contributed by atoms with Crippen molar-refractivity contribution < 1.29 is 14.3 Å². The van der Waals surface area contributed by atoms with Gasteiger partial charge in [-0.3, -0.25) is 4.79 Å². The Kier molecular flexibility index (Phi) is 5.40. The third-order valence-corrected chi connectivity index (χ3v) is 7.34. The minimum Gasteiger partial charge on any atom is -0.381 e. The summed E-state index contributed by atoms with van der Waals surface area (Å²) in [5.74, 6) is 0.242. The lowest BCUT2D eigenvalue weighted by molar-refractivity contribution is -0.136. The monoisotopic (exact) mass is 446 g/mol. The summed E-state index contributed by atoms with van der Waals surface area (Å²) in [7, 11) is 0. The van der Waals surface area contributed by atoms with Gasteiger partial charge in [0.15, 0.2) is 0 Å². The fourth-order valence-corrected chi connectivity index (χ4v) is 5.41. The highest BCUT2D eigenvalue weighted by molar-refractivity contribution is 5.85. The number of hydrogen-bond donors (Lipinski definition) is 2. The van der Waals surface area contributed by atoms with Crippen molar-refractivity contribution in [3.05, 3.63) is 52.8 Å². The van der Waals surface area contributed by atoms with Gasteiger partial charge in [0.25, 0.3) is 0 Å². The second-order valence-electron chi connectivity index (χ2n) is 9.45. The van der Waals surface area contributed by atoms with Gasteiger partial charge in [-0.05, 0) is 59.7 Å². The van der Waals surface area contributed by atoms with Crippen molar-refractivity contribution in [3.63, 3.8) is 0 Å². The zero-order valence-corrected chi connectivity index (χ0v) is 19.0. The van der Waals surface area contributed by atoms with E-state index in [1.807, 2.05) is 17.3 Å². The summed E-state index contributed by atoms with van der Waals surface area (Å²) in [6.45, 7) is 6.99. The highest BCUT2D eigenvalue weighted by Crippen LogP contribution is 2.35. The number of ether oxygens (including phenoxy) is 2. The van der Waals surface area contributed by atoms with Gasteiger partial charge in [0.1, 0.15) is 5.65 Å². The number of hydrogen-bond acceptors (Lipinski definition) is 5. The topological polar surface area (TPSA) is 79.5 Å². The second-order valence-corrected chi connectivity index (χ2v) is 9.45. The molecule has 2 saturated heterocycles. The molecular formula is C26H30N4O3. The number of fused-ring (bicyclic) bond motifs is 2. The zero-order chi connectivity index (χ0) is 22.4. The van der Waals surface area contributed by atoms with Crippen LogP contribution in [0.5, 0.6) is 0 Å². The van der Waals surface area contributed by atoms with Crippen molar-refractivity contribution in [1.29, 1.82) is 0 Å². The van der Waals surface area contributed by atoms with Crippen LogP contribution in [0.4, 0.5) is 0 Å². The molecule has 0 unspecified atom stereocenters. The third kappa shape index (κ3) is 3.84. The fraction of sp³-hybridized carbons (Fsp3) is 0.462. The van der Waals surface area contributed by atoms with E-state index in [1.165, 1.54) is 27.8 Å². The maximum absolute atomic E-state index is 13.1. The number of morpholine rings is 1. The van der Waals surface area contributed by atoms with Crippen molar-refractivity contribution in [2.45, 2.75) is 32.4 Å². The molecule has 7 heteroatoms. The van der Waals surface area contributed by atoms with Gasteiger partial charge >= 0.3 is 0 Å². The Labute approximate surface area is 193 Å². The van der Waals surface area contributed by atoms with Crippen LogP contribution in [0.3, 0.4) is 0 Å². The van der Waals surface area contributed by atoms with Gasteiger partial charge in [0.05, 0.1) is 31.8 Å². The number of nitrogens with one attached hydrogen (secondary N) is 2. The first-order valence-electron chi connectivity index (χ1n) is 11.9. The lowest BCUT2D eigenvalue weighted by Crippen LogP contribution is -2.41. The van der Waals surface area contributed by atoms with E-state index in [0.29, 0.717) is 26.4 Å². The molecule has 33 heavy (non-hydrogen) atoms. The van der Waals surface area contributed by atoms with Crippen LogP contribution in [0.2, 0.25) is 0 Å². The maximum Gasteiger partial charge on any atom is 0.228 e. The number of rotatable bonds is 3. The number of carbonyl (C=O) groups excluding carboxylic acids is 1. The summed E-state index contributed by atoms with van der Waals surface area (Å²) < 4.78 is 11.3. The van der Waals surface area contributed by atoms with Crippen LogP contribution in [0.25, 0.3) is 22.2 Å². The number of carbonyl (C=O) groups is 1. The molecule has 0 aliphatic carbocycles. The minimum absolute atomic E-state index is 0.00723.